The Kier molecular flexibility index (Phi) is 7.47. The van der Waals surface area contributed by atoms with Gasteiger partial charge in [0, 0.05) is 29.6 Å². The quantitative estimate of drug-likeness (QED) is 0.362. The maximum atomic E-state index is 6.13. The molecule has 0 spiro atoms. The van der Waals surface area contributed by atoms with E-state index in [0.717, 1.165) is 55.4 Å². The summed E-state index contributed by atoms with van der Waals surface area (Å²) in [6.07, 6.45) is 0. The smallest absolute Gasteiger partial charge is 0.145 e. The van der Waals surface area contributed by atoms with Crippen LogP contribution in [0.5, 0.6) is 11.5 Å². The van der Waals surface area contributed by atoms with Gasteiger partial charge in [-0.2, -0.15) is 0 Å². The van der Waals surface area contributed by atoms with Gasteiger partial charge in [0.1, 0.15) is 23.9 Å². The summed E-state index contributed by atoms with van der Waals surface area (Å²) >= 11 is 3.68. The fraction of sp³-hybridized carbons (Fsp3) is 0.346. The third-order valence-corrected chi connectivity index (χ3v) is 6.35. The molecule has 5 nitrogen and oxygen atoms in total. The molecule has 0 bridgehead atoms. The summed E-state index contributed by atoms with van der Waals surface area (Å²) in [6, 6.07) is 14.0. The molecule has 3 aromatic rings. The minimum Gasteiger partial charge on any atom is -0.497 e. The van der Waals surface area contributed by atoms with Gasteiger partial charge in [0.2, 0.25) is 0 Å². The van der Waals surface area contributed by atoms with Gasteiger partial charge >= 0.3 is 0 Å². The fourth-order valence-corrected chi connectivity index (χ4v) is 3.98. The first-order valence-electron chi connectivity index (χ1n) is 10.5. The van der Waals surface area contributed by atoms with E-state index < -0.39 is 5.60 Å². The second kappa shape index (κ2) is 9.92. The van der Waals surface area contributed by atoms with Crippen LogP contribution in [-0.4, -0.2) is 19.2 Å². The molecule has 0 aliphatic carbocycles. The number of halogens is 1. The summed E-state index contributed by atoms with van der Waals surface area (Å²) in [5, 5.41) is 3.50. The zero-order valence-corrected chi connectivity index (χ0v) is 21.4. The van der Waals surface area contributed by atoms with Gasteiger partial charge in [-0.05, 0) is 85.9 Å². The maximum Gasteiger partial charge on any atom is 0.145 e. The minimum absolute atomic E-state index is 0.417. The summed E-state index contributed by atoms with van der Waals surface area (Å²) in [7, 11) is 3.38. The second-order valence-electron chi connectivity index (χ2n) is 8.31. The molecule has 1 N–H and O–H groups in total. The van der Waals surface area contributed by atoms with Crippen molar-refractivity contribution in [3.63, 3.8) is 0 Å². The van der Waals surface area contributed by atoms with E-state index in [2.05, 4.69) is 47.2 Å². The van der Waals surface area contributed by atoms with Gasteiger partial charge in [0.05, 0.1) is 17.2 Å². The molecule has 0 radical (unpaired) electrons. The molecule has 0 atom stereocenters. The van der Waals surface area contributed by atoms with Gasteiger partial charge in [0.25, 0.3) is 0 Å². The zero-order valence-electron chi connectivity index (χ0n) is 19.8. The monoisotopic (exact) mass is 498 g/mol. The molecule has 1 aromatic heterocycles. The van der Waals surface area contributed by atoms with Crippen LogP contribution in [0.15, 0.2) is 46.9 Å². The largest absolute Gasteiger partial charge is 0.497 e. The number of anilines is 2. The average molecular weight is 499 g/mol. The first-order valence-corrected chi connectivity index (χ1v) is 11.3. The average Bonchev–Trinajstić information content (AvgIpc) is 2.78. The predicted molar refractivity (Wildman–Crippen MR) is 133 cm³/mol. The van der Waals surface area contributed by atoms with Crippen molar-refractivity contribution < 1.29 is 14.2 Å². The Bertz CT molecular complexity index is 1100. The number of benzene rings is 2. The van der Waals surface area contributed by atoms with Crippen LogP contribution in [-0.2, 0) is 16.9 Å². The number of aromatic nitrogens is 1. The van der Waals surface area contributed by atoms with Gasteiger partial charge in [0.15, 0.2) is 0 Å². The van der Waals surface area contributed by atoms with E-state index in [9.17, 15) is 0 Å². The fourth-order valence-electron chi connectivity index (χ4n) is 3.57. The first kappa shape index (κ1) is 24.1. The normalized spacial score (nSPS) is 11.4. The van der Waals surface area contributed by atoms with E-state index in [1.54, 1.807) is 14.2 Å². The third-order valence-electron chi connectivity index (χ3n) is 5.75. The number of hydrogen-bond acceptors (Lipinski definition) is 5. The Morgan fingerprint density at radius 2 is 1.69 bits per heavy atom. The number of ether oxygens (including phenoxy) is 3. The van der Waals surface area contributed by atoms with Crippen LogP contribution >= 0.6 is 15.9 Å². The highest BCUT2D eigenvalue weighted by Gasteiger charge is 2.24. The van der Waals surface area contributed by atoms with Crippen molar-refractivity contribution in [2.75, 3.05) is 19.5 Å². The van der Waals surface area contributed by atoms with E-state index in [1.807, 2.05) is 51.1 Å². The molecule has 0 saturated carbocycles. The lowest BCUT2D eigenvalue weighted by molar-refractivity contribution is 0.0183. The number of hydrogen-bond donors (Lipinski definition) is 1. The first-order chi connectivity index (χ1) is 15.2. The summed E-state index contributed by atoms with van der Waals surface area (Å²) in [5.41, 5.74) is 5.77. The number of methoxy groups -OCH3 is 2. The molecule has 170 valence electrons. The highest BCUT2D eigenvalue weighted by atomic mass is 79.9. The second-order valence-corrected chi connectivity index (χ2v) is 9.16. The minimum atomic E-state index is -0.417. The van der Waals surface area contributed by atoms with Crippen LogP contribution in [0.1, 0.15) is 41.8 Å². The topological polar surface area (TPSA) is 52.6 Å². The maximum absolute atomic E-state index is 6.13. The Morgan fingerprint density at radius 1 is 1.00 bits per heavy atom. The third kappa shape index (κ3) is 5.25. The van der Waals surface area contributed by atoms with E-state index in [-0.39, 0.29) is 0 Å². The predicted octanol–water partition coefficient (Wildman–Crippen LogP) is 6.98. The van der Waals surface area contributed by atoms with Crippen molar-refractivity contribution in [3.05, 3.63) is 74.9 Å². The molecule has 0 aliphatic rings. The molecule has 0 fully saturated rings. The van der Waals surface area contributed by atoms with Crippen LogP contribution in [0.2, 0.25) is 0 Å². The number of nitrogens with one attached hydrogen (secondary N) is 1. The van der Waals surface area contributed by atoms with Crippen molar-refractivity contribution in [2.24, 2.45) is 0 Å². The van der Waals surface area contributed by atoms with E-state index in [4.69, 9.17) is 19.2 Å². The molecule has 0 unspecified atom stereocenters. The van der Waals surface area contributed by atoms with Gasteiger partial charge < -0.3 is 19.5 Å². The summed E-state index contributed by atoms with van der Waals surface area (Å²) < 4.78 is 17.9. The van der Waals surface area contributed by atoms with Crippen molar-refractivity contribution in [1.29, 1.82) is 0 Å². The van der Waals surface area contributed by atoms with Crippen LogP contribution in [0, 0.1) is 20.8 Å². The molecule has 0 amide bonds. The molecule has 6 heteroatoms. The Morgan fingerprint density at radius 3 is 2.31 bits per heavy atom. The molecule has 1 heterocycles. The zero-order chi connectivity index (χ0) is 23.5. The summed E-state index contributed by atoms with van der Waals surface area (Å²) in [5.74, 6) is 2.43. The molecule has 3 rings (SSSR count). The summed E-state index contributed by atoms with van der Waals surface area (Å²) in [4.78, 5) is 4.81. The Hall–Kier alpha value is -2.57. The van der Waals surface area contributed by atoms with Crippen LogP contribution in [0.25, 0.3) is 0 Å². The molecule has 0 saturated heterocycles. The SMILES string of the molecule is COc1ccc(COc2ccc(C)c(Nc3nc(C)c(C(C)(C)OC)cc3Br)c2C)cc1. The molecule has 0 aliphatic heterocycles. The lowest BCUT2D eigenvalue weighted by Crippen LogP contribution is -2.21. The van der Waals surface area contributed by atoms with Gasteiger partial charge in [-0.1, -0.05) is 18.2 Å². The molecular formula is C26H31BrN2O3. The van der Waals surface area contributed by atoms with Crippen molar-refractivity contribution in [2.45, 2.75) is 46.8 Å². The lowest BCUT2D eigenvalue weighted by Gasteiger charge is -2.26. The highest BCUT2D eigenvalue weighted by molar-refractivity contribution is 9.10. The number of nitrogens with zero attached hydrogens (tertiary/aromatic N) is 1. The Balaban J connectivity index is 1.85. The van der Waals surface area contributed by atoms with Crippen LogP contribution in [0.3, 0.4) is 0 Å². The molecule has 32 heavy (non-hydrogen) atoms. The van der Waals surface area contributed by atoms with E-state index >= 15 is 0 Å². The van der Waals surface area contributed by atoms with E-state index in [0.29, 0.717) is 6.61 Å². The Labute approximate surface area is 199 Å². The number of pyridine rings is 1. The van der Waals surface area contributed by atoms with Crippen molar-refractivity contribution in [3.8, 4) is 11.5 Å². The molecular weight excluding hydrogens is 468 g/mol. The lowest BCUT2D eigenvalue weighted by atomic mass is 9.97. The van der Waals surface area contributed by atoms with Gasteiger partial charge in [-0.25, -0.2) is 4.98 Å². The van der Waals surface area contributed by atoms with Crippen molar-refractivity contribution in [1.82, 2.24) is 4.98 Å². The molecule has 2 aromatic carbocycles. The van der Waals surface area contributed by atoms with Gasteiger partial charge in [-0.3, -0.25) is 0 Å². The van der Waals surface area contributed by atoms with Gasteiger partial charge in [-0.15, -0.1) is 0 Å². The summed E-state index contributed by atoms with van der Waals surface area (Å²) in [6.45, 7) is 10.7. The standard InChI is InChI=1S/C26H31BrN2O3/c1-16-8-13-23(32-15-19-9-11-20(30-6)12-10-19)17(2)24(16)29-25-22(27)14-21(18(3)28-25)26(4,5)31-7/h8-14H,15H2,1-7H3,(H,28,29). The van der Waals surface area contributed by atoms with Crippen molar-refractivity contribution >= 4 is 27.4 Å². The van der Waals surface area contributed by atoms with Crippen LogP contribution < -0.4 is 14.8 Å². The number of rotatable bonds is 8. The van der Waals surface area contributed by atoms with Crippen LogP contribution in [0.4, 0.5) is 11.5 Å². The number of aryl methyl sites for hydroxylation is 2. The van der Waals surface area contributed by atoms with E-state index in [1.165, 1.54) is 0 Å². The highest BCUT2D eigenvalue weighted by Crippen LogP contribution is 2.36.